The highest BCUT2D eigenvalue weighted by molar-refractivity contribution is 8.02. The van der Waals surface area contributed by atoms with Gasteiger partial charge in [0.25, 0.3) is 0 Å². The van der Waals surface area contributed by atoms with Crippen molar-refractivity contribution in [2.75, 3.05) is 0 Å². The van der Waals surface area contributed by atoms with E-state index in [4.69, 9.17) is 5.14 Å². The third-order valence-electron chi connectivity index (χ3n) is 1.65. The first-order chi connectivity index (χ1) is 7.47. The SMILES string of the molecule is Cc1csc(Sc2ccsc2S(N)(=O)=O)n1. The van der Waals surface area contributed by atoms with E-state index in [-0.39, 0.29) is 4.21 Å². The van der Waals surface area contributed by atoms with Crippen LogP contribution in [0.3, 0.4) is 0 Å². The summed E-state index contributed by atoms with van der Waals surface area (Å²) in [6, 6.07) is 1.74. The molecule has 86 valence electrons. The fraction of sp³-hybridized carbons (Fsp3) is 0.125. The first kappa shape index (κ1) is 12.1. The Balaban J connectivity index is 2.33. The summed E-state index contributed by atoms with van der Waals surface area (Å²) >= 11 is 3.94. The minimum absolute atomic E-state index is 0.199. The Bertz CT molecular complexity index is 599. The molecule has 0 radical (unpaired) electrons. The monoisotopic (exact) mass is 292 g/mol. The summed E-state index contributed by atoms with van der Waals surface area (Å²) in [5, 5.41) is 8.75. The molecule has 0 unspecified atom stereocenters. The number of nitrogens with two attached hydrogens (primary N) is 1. The van der Waals surface area contributed by atoms with Crippen molar-refractivity contribution < 1.29 is 8.42 Å². The van der Waals surface area contributed by atoms with Crippen molar-refractivity contribution in [2.24, 2.45) is 5.14 Å². The first-order valence-electron chi connectivity index (χ1n) is 4.17. The summed E-state index contributed by atoms with van der Waals surface area (Å²) in [4.78, 5) is 4.90. The molecule has 0 amide bonds. The van der Waals surface area contributed by atoms with Crippen molar-refractivity contribution in [1.29, 1.82) is 0 Å². The lowest BCUT2D eigenvalue weighted by atomic mass is 10.6. The Hall–Kier alpha value is -0.410. The number of primary sulfonamides is 1. The van der Waals surface area contributed by atoms with E-state index in [0.717, 1.165) is 21.4 Å². The molecule has 4 nitrogen and oxygen atoms in total. The lowest BCUT2D eigenvalue weighted by molar-refractivity contribution is 0.598. The molecule has 2 aromatic rings. The Kier molecular flexibility index (Phi) is 3.36. The molecule has 2 aromatic heterocycles. The smallest absolute Gasteiger partial charge is 0.235 e. The summed E-state index contributed by atoms with van der Waals surface area (Å²) in [6.45, 7) is 1.90. The van der Waals surface area contributed by atoms with Gasteiger partial charge in [0.1, 0.15) is 4.21 Å². The number of nitrogens with zero attached hydrogens (tertiary/aromatic N) is 1. The maximum Gasteiger partial charge on any atom is 0.248 e. The predicted octanol–water partition coefficient (Wildman–Crippen LogP) is 2.31. The largest absolute Gasteiger partial charge is 0.248 e. The van der Waals surface area contributed by atoms with Crippen molar-refractivity contribution in [3.8, 4) is 0 Å². The van der Waals surface area contributed by atoms with Gasteiger partial charge in [0, 0.05) is 16.0 Å². The van der Waals surface area contributed by atoms with E-state index in [1.165, 1.54) is 23.1 Å². The summed E-state index contributed by atoms with van der Waals surface area (Å²) in [5.41, 5.74) is 0.930. The van der Waals surface area contributed by atoms with Crippen LogP contribution in [-0.2, 0) is 10.0 Å². The van der Waals surface area contributed by atoms with Gasteiger partial charge in [0.05, 0.1) is 0 Å². The fourth-order valence-corrected chi connectivity index (χ4v) is 5.16. The highest BCUT2D eigenvalue weighted by atomic mass is 32.2. The molecular weight excluding hydrogens is 284 g/mol. The number of thiazole rings is 1. The number of hydrogen-bond donors (Lipinski definition) is 1. The van der Waals surface area contributed by atoms with Crippen molar-refractivity contribution in [1.82, 2.24) is 4.98 Å². The van der Waals surface area contributed by atoms with Crippen molar-refractivity contribution in [3.63, 3.8) is 0 Å². The highest BCUT2D eigenvalue weighted by Crippen LogP contribution is 2.36. The highest BCUT2D eigenvalue weighted by Gasteiger charge is 2.17. The number of hydrogen-bond acceptors (Lipinski definition) is 6. The third-order valence-corrected chi connectivity index (χ3v) is 6.45. The van der Waals surface area contributed by atoms with Crippen LogP contribution in [0, 0.1) is 6.92 Å². The zero-order valence-corrected chi connectivity index (χ0v) is 11.5. The summed E-state index contributed by atoms with van der Waals surface area (Å²) in [5.74, 6) is 0. The Morgan fingerprint density at radius 1 is 1.44 bits per heavy atom. The molecule has 8 heteroatoms. The molecule has 0 aliphatic carbocycles. The maximum atomic E-state index is 11.3. The van der Waals surface area contributed by atoms with E-state index in [9.17, 15) is 8.42 Å². The lowest BCUT2D eigenvalue weighted by Gasteiger charge is -1.98. The molecule has 0 aliphatic heterocycles. The molecule has 0 aromatic carbocycles. The van der Waals surface area contributed by atoms with Gasteiger partial charge < -0.3 is 0 Å². The lowest BCUT2D eigenvalue weighted by Crippen LogP contribution is -2.11. The predicted molar refractivity (Wildman–Crippen MR) is 66.7 cm³/mol. The molecule has 0 spiro atoms. The van der Waals surface area contributed by atoms with Gasteiger partial charge >= 0.3 is 0 Å². The molecule has 0 aliphatic rings. The van der Waals surface area contributed by atoms with Crippen LogP contribution < -0.4 is 5.14 Å². The van der Waals surface area contributed by atoms with Crippen LogP contribution in [0.15, 0.2) is 30.3 Å². The molecule has 16 heavy (non-hydrogen) atoms. The minimum atomic E-state index is -3.63. The van der Waals surface area contributed by atoms with Gasteiger partial charge in [-0.1, -0.05) is 11.8 Å². The zero-order chi connectivity index (χ0) is 11.8. The van der Waals surface area contributed by atoms with Crippen LogP contribution in [0.5, 0.6) is 0 Å². The average Bonchev–Trinajstić information content (AvgIpc) is 2.74. The van der Waals surface area contributed by atoms with Crippen LogP contribution in [0.25, 0.3) is 0 Å². The topological polar surface area (TPSA) is 73.1 Å². The van der Waals surface area contributed by atoms with Crippen LogP contribution in [0.1, 0.15) is 5.69 Å². The average molecular weight is 292 g/mol. The van der Waals surface area contributed by atoms with Gasteiger partial charge in [-0.3, -0.25) is 0 Å². The standard InChI is InChI=1S/C8H8N2O2S4/c1-5-4-14-8(10-5)15-6-2-3-13-7(6)16(9,11)12/h2-4H,1H3,(H2,9,11,12). The van der Waals surface area contributed by atoms with E-state index in [0.29, 0.717) is 4.90 Å². The number of rotatable bonds is 3. The third kappa shape index (κ3) is 2.64. The molecule has 0 atom stereocenters. The maximum absolute atomic E-state index is 11.3. The number of aromatic nitrogens is 1. The Labute approximate surface area is 106 Å². The molecule has 0 saturated carbocycles. The Morgan fingerprint density at radius 3 is 2.75 bits per heavy atom. The van der Waals surface area contributed by atoms with Crippen molar-refractivity contribution in [2.45, 2.75) is 20.4 Å². The first-order valence-corrected chi connectivity index (χ1v) is 8.29. The van der Waals surface area contributed by atoms with Crippen molar-refractivity contribution in [3.05, 3.63) is 22.5 Å². The molecule has 0 saturated heterocycles. The minimum Gasteiger partial charge on any atom is -0.235 e. The van der Waals surface area contributed by atoms with E-state index in [2.05, 4.69) is 4.98 Å². The van der Waals surface area contributed by atoms with E-state index >= 15 is 0 Å². The van der Waals surface area contributed by atoms with Gasteiger partial charge in [-0.25, -0.2) is 18.5 Å². The molecule has 0 bridgehead atoms. The number of aryl methyl sites for hydroxylation is 1. The number of thiophene rings is 1. The summed E-state index contributed by atoms with van der Waals surface area (Å²) in [6.07, 6.45) is 0. The van der Waals surface area contributed by atoms with Crippen molar-refractivity contribution >= 4 is 44.5 Å². The second-order valence-electron chi connectivity index (χ2n) is 2.97. The molecule has 2 rings (SSSR count). The second-order valence-corrected chi connectivity index (χ2v) is 7.79. The molecule has 2 heterocycles. The zero-order valence-electron chi connectivity index (χ0n) is 8.21. The van der Waals surface area contributed by atoms with Crippen LogP contribution in [-0.4, -0.2) is 13.4 Å². The van der Waals surface area contributed by atoms with Gasteiger partial charge in [-0.15, -0.1) is 22.7 Å². The van der Waals surface area contributed by atoms with Gasteiger partial charge in [-0.05, 0) is 18.4 Å². The summed E-state index contributed by atoms with van der Waals surface area (Å²) < 4.78 is 23.6. The van der Waals surface area contributed by atoms with Crippen LogP contribution >= 0.6 is 34.4 Å². The Morgan fingerprint density at radius 2 is 2.19 bits per heavy atom. The quantitative estimate of drug-likeness (QED) is 0.942. The van der Waals surface area contributed by atoms with Gasteiger partial charge in [0.2, 0.25) is 10.0 Å². The van der Waals surface area contributed by atoms with Gasteiger partial charge in [0.15, 0.2) is 4.34 Å². The fourth-order valence-electron chi connectivity index (χ4n) is 1.04. The van der Waals surface area contributed by atoms with E-state index in [1.54, 1.807) is 11.4 Å². The number of sulfonamides is 1. The summed E-state index contributed by atoms with van der Waals surface area (Å²) in [7, 11) is -3.63. The normalized spacial score (nSPS) is 11.9. The van der Waals surface area contributed by atoms with E-state index < -0.39 is 10.0 Å². The van der Waals surface area contributed by atoms with E-state index in [1.807, 2.05) is 12.3 Å². The van der Waals surface area contributed by atoms with Crippen LogP contribution in [0.4, 0.5) is 0 Å². The van der Waals surface area contributed by atoms with Gasteiger partial charge in [-0.2, -0.15) is 0 Å². The molecule has 2 N–H and O–H groups in total. The second kappa shape index (κ2) is 4.46. The van der Waals surface area contributed by atoms with Crippen LogP contribution in [0.2, 0.25) is 0 Å². The molecule has 0 fully saturated rings. The molecular formula is C8H8N2O2S4.